The molecule has 3 heteroatoms. The van der Waals surface area contributed by atoms with Crippen LogP contribution in [0.25, 0.3) is 0 Å². The molecule has 0 heterocycles. The summed E-state index contributed by atoms with van der Waals surface area (Å²) in [6.45, 7) is 6.49. The van der Waals surface area contributed by atoms with Gasteiger partial charge in [0.2, 0.25) is 0 Å². The molecule has 2 aliphatic rings. The van der Waals surface area contributed by atoms with E-state index in [1.807, 2.05) is 0 Å². The third-order valence-corrected chi connectivity index (χ3v) is 7.66. The number of fused-ring (bicyclic) bond motifs is 3. The maximum atomic E-state index is 5.46. The van der Waals surface area contributed by atoms with Crippen LogP contribution in [0.1, 0.15) is 49.7 Å². The van der Waals surface area contributed by atoms with Gasteiger partial charge in [0.25, 0.3) is 0 Å². The van der Waals surface area contributed by atoms with Crippen molar-refractivity contribution in [1.82, 2.24) is 0 Å². The first kappa shape index (κ1) is 20.4. The number of hydrogen-bond acceptors (Lipinski definition) is 2. The lowest BCUT2D eigenvalue weighted by Gasteiger charge is -2.50. The summed E-state index contributed by atoms with van der Waals surface area (Å²) in [6.07, 6.45) is 10.2. The summed E-state index contributed by atoms with van der Waals surface area (Å²) in [5.74, 6) is 2.88. The molecule has 152 valence electrons. The van der Waals surface area contributed by atoms with Crippen LogP contribution in [-0.4, -0.2) is 13.3 Å². The molecule has 0 bridgehead atoms. The largest absolute Gasteiger partial charge is 0.497 e. The fourth-order valence-electron chi connectivity index (χ4n) is 5.57. The van der Waals surface area contributed by atoms with Gasteiger partial charge in [-0.15, -0.1) is 6.58 Å². The van der Waals surface area contributed by atoms with Crippen molar-refractivity contribution >= 4 is 27.8 Å². The Labute approximate surface area is 183 Å². The number of hydrogen-bond donors (Lipinski definition) is 0. The number of aryl methyl sites for hydroxylation is 1. The van der Waals surface area contributed by atoms with Crippen molar-refractivity contribution in [2.75, 3.05) is 7.11 Å². The zero-order chi connectivity index (χ0) is 20.4. The minimum Gasteiger partial charge on any atom is -0.497 e. The Morgan fingerprint density at radius 3 is 2.72 bits per heavy atom. The monoisotopic (exact) mass is 451 g/mol. The quantitative estimate of drug-likeness (QED) is 0.340. The van der Waals surface area contributed by atoms with Gasteiger partial charge in [-0.05, 0) is 97.4 Å². The van der Waals surface area contributed by atoms with E-state index in [2.05, 4.69) is 84.2 Å². The fourth-order valence-corrected chi connectivity index (χ4v) is 5.83. The molecule has 0 aliphatic heterocycles. The van der Waals surface area contributed by atoms with E-state index in [4.69, 9.17) is 9.73 Å². The molecular formula is C26H30BrNO. The molecule has 0 aromatic heterocycles. The number of halogens is 1. The lowest BCUT2D eigenvalue weighted by molar-refractivity contribution is 0.0885. The van der Waals surface area contributed by atoms with Crippen LogP contribution >= 0.6 is 15.9 Å². The minimum absolute atomic E-state index is 0.104. The number of ether oxygens (including phenoxy) is 1. The van der Waals surface area contributed by atoms with E-state index in [1.54, 1.807) is 12.7 Å². The highest BCUT2D eigenvalue weighted by Crippen LogP contribution is 2.55. The first-order valence-corrected chi connectivity index (χ1v) is 11.4. The van der Waals surface area contributed by atoms with Gasteiger partial charge in [0.05, 0.1) is 12.8 Å². The highest BCUT2D eigenvalue weighted by molar-refractivity contribution is 9.10. The third-order valence-electron chi connectivity index (χ3n) is 7.13. The van der Waals surface area contributed by atoms with Crippen LogP contribution in [0.4, 0.5) is 5.69 Å². The van der Waals surface area contributed by atoms with E-state index in [-0.39, 0.29) is 5.41 Å². The van der Waals surface area contributed by atoms with E-state index < -0.39 is 0 Å². The van der Waals surface area contributed by atoms with Crippen molar-refractivity contribution in [3.05, 3.63) is 70.7 Å². The van der Waals surface area contributed by atoms with Crippen molar-refractivity contribution in [2.45, 2.75) is 44.9 Å². The maximum Gasteiger partial charge on any atom is 0.119 e. The van der Waals surface area contributed by atoms with Gasteiger partial charge in [0.1, 0.15) is 5.75 Å². The van der Waals surface area contributed by atoms with Crippen LogP contribution in [0.5, 0.6) is 5.75 Å². The Hall–Kier alpha value is -1.87. The molecule has 0 saturated heterocycles. The predicted molar refractivity (Wildman–Crippen MR) is 125 cm³/mol. The van der Waals surface area contributed by atoms with E-state index >= 15 is 0 Å². The first-order chi connectivity index (χ1) is 14.0. The summed E-state index contributed by atoms with van der Waals surface area (Å²) in [7, 11) is 1.75. The van der Waals surface area contributed by atoms with Crippen molar-refractivity contribution in [2.24, 2.45) is 22.2 Å². The van der Waals surface area contributed by atoms with Crippen molar-refractivity contribution in [1.29, 1.82) is 0 Å². The molecular weight excluding hydrogens is 422 g/mol. The molecule has 2 aliphatic carbocycles. The highest BCUT2D eigenvalue weighted by atomic mass is 79.9. The van der Waals surface area contributed by atoms with E-state index in [9.17, 15) is 0 Å². The summed E-state index contributed by atoms with van der Waals surface area (Å²) in [5.41, 5.74) is 4.15. The lowest BCUT2D eigenvalue weighted by atomic mass is 9.54. The van der Waals surface area contributed by atoms with E-state index in [0.29, 0.717) is 17.8 Å². The van der Waals surface area contributed by atoms with Gasteiger partial charge in [0.15, 0.2) is 0 Å². The molecule has 0 amide bonds. The molecule has 1 saturated carbocycles. The van der Waals surface area contributed by atoms with Gasteiger partial charge >= 0.3 is 0 Å². The average molecular weight is 452 g/mol. The summed E-state index contributed by atoms with van der Waals surface area (Å²) in [4.78, 5) is 4.88. The van der Waals surface area contributed by atoms with Crippen molar-refractivity contribution in [3.63, 3.8) is 0 Å². The second-order valence-corrected chi connectivity index (χ2v) is 9.70. The van der Waals surface area contributed by atoms with Crippen LogP contribution in [0.2, 0.25) is 0 Å². The molecule has 0 spiro atoms. The lowest BCUT2D eigenvalue weighted by Crippen LogP contribution is -2.43. The second-order valence-electron chi connectivity index (χ2n) is 8.78. The number of methoxy groups -OCH3 is 1. The van der Waals surface area contributed by atoms with E-state index in [0.717, 1.165) is 35.2 Å². The van der Waals surface area contributed by atoms with Gasteiger partial charge < -0.3 is 4.74 Å². The van der Waals surface area contributed by atoms with Crippen LogP contribution in [0.15, 0.2) is 64.6 Å². The summed E-state index contributed by atoms with van der Waals surface area (Å²) >= 11 is 3.50. The molecule has 0 radical (unpaired) electrons. The molecule has 2 aromatic carbocycles. The van der Waals surface area contributed by atoms with Gasteiger partial charge in [-0.25, -0.2) is 0 Å². The summed E-state index contributed by atoms with van der Waals surface area (Å²) in [6, 6.07) is 14.9. The Balaban J connectivity index is 1.62. The number of allylic oxidation sites excluding steroid dienone is 1. The minimum atomic E-state index is 0.104. The standard InChI is InChI=1S/C26H30BrNO/c1-4-5-25-24-12-6-18-16-21(29-3)11-13-22(18)23(24)14-15-26(25,2)17-28-20-9-7-19(27)8-10-20/h4,7-11,13,16-17,23-25H,1,5-6,12,14-15H2,2-3H3/t23-,24-,25+,26-/m1/s1. The SMILES string of the molecule is C=CC[C@H]1[C@@H]2CCc3cc(OC)ccc3[C@H]2CC[C@]1(C)C=Nc1ccc(Br)cc1. The Morgan fingerprint density at radius 1 is 1.21 bits per heavy atom. The highest BCUT2D eigenvalue weighted by Gasteiger charge is 2.47. The van der Waals surface area contributed by atoms with Crippen LogP contribution in [-0.2, 0) is 6.42 Å². The molecule has 4 atom stereocenters. The third kappa shape index (κ3) is 4.07. The summed E-state index contributed by atoms with van der Waals surface area (Å²) in [5, 5.41) is 0. The molecule has 1 fully saturated rings. The molecule has 2 nitrogen and oxygen atoms in total. The van der Waals surface area contributed by atoms with Crippen molar-refractivity contribution in [3.8, 4) is 5.75 Å². The van der Waals surface area contributed by atoms with Crippen molar-refractivity contribution < 1.29 is 4.74 Å². The van der Waals surface area contributed by atoms with Gasteiger partial charge in [0, 0.05) is 16.1 Å². The molecule has 29 heavy (non-hydrogen) atoms. The predicted octanol–water partition coefficient (Wildman–Crippen LogP) is 7.50. The molecule has 0 unspecified atom stereocenters. The Kier molecular flexibility index (Phi) is 5.96. The summed E-state index contributed by atoms with van der Waals surface area (Å²) < 4.78 is 6.54. The average Bonchev–Trinajstić information content (AvgIpc) is 2.75. The molecule has 0 N–H and O–H groups in total. The van der Waals surface area contributed by atoms with E-state index in [1.165, 1.54) is 18.4 Å². The van der Waals surface area contributed by atoms with Crippen LogP contribution < -0.4 is 4.74 Å². The molecule has 2 aromatic rings. The normalized spacial score (nSPS) is 28.6. The number of nitrogens with zero attached hydrogens (tertiary/aromatic N) is 1. The molecule has 4 rings (SSSR count). The zero-order valence-electron chi connectivity index (χ0n) is 17.4. The van der Waals surface area contributed by atoms with Gasteiger partial charge in [-0.3, -0.25) is 4.99 Å². The maximum absolute atomic E-state index is 5.46. The Morgan fingerprint density at radius 2 is 2.00 bits per heavy atom. The fraction of sp³-hybridized carbons (Fsp3) is 0.423. The van der Waals surface area contributed by atoms with Crippen LogP contribution in [0.3, 0.4) is 0 Å². The number of benzene rings is 2. The topological polar surface area (TPSA) is 21.6 Å². The second kappa shape index (κ2) is 8.47. The van der Waals surface area contributed by atoms with Gasteiger partial charge in [-0.2, -0.15) is 0 Å². The van der Waals surface area contributed by atoms with Crippen LogP contribution in [0, 0.1) is 17.3 Å². The zero-order valence-corrected chi connectivity index (χ0v) is 19.0. The number of rotatable bonds is 5. The first-order valence-electron chi connectivity index (χ1n) is 10.6. The Bertz CT molecular complexity index is 903. The van der Waals surface area contributed by atoms with Gasteiger partial charge in [-0.1, -0.05) is 35.0 Å². The smallest absolute Gasteiger partial charge is 0.119 e. The number of aliphatic imine (C=N–C) groups is 1.